The smallest absolute Gasteiger partial charge is 0.338 e. The highest BCUT2D eigenvalue weighted by Gasteiger charge is 2.60. The number of rotatable bonds is 1. The van der Waals surface area contributed by atoms with Crippen LogP contribution in [0, 0.1) is 11.8 Å². The number of hydrogen-bond donors (Lipinski definition) is 0. The number of esters is 3. The van der Waals surface area contributed by atoms with Gasteiger partial charge in [0.15, 0.2) is 0 Å². The van der Waals surface area contributed by atoms with Crippen molar-refractivity contribution in [2.75, 3.05) is 0 Å². The molecule has 0 aromatic carbocycles. The van der Waals surface area contributed by atoms with E-state index in [-0.39, 0.29) is 30.0 Å². The summed E-state index contributed by atoms with van der Waals surface area (Å²) in [5, 5.41) is 0. The Labute approximate surface area is 139 Å². The zero-order valence-corrected chi connectivity index (χ0v) is 13.8. The molecule has 2 bridgehead atoms. The lowest BCUT2D eigenvalue weighted by Crippen LogP contribution is -2.35. The second kappa shape index (κ2) is 5.05. The highest BCUT2D eigenvalue weighted by molar-refractivity contribution is 5.92. The second-order valence-corrected chi connectivity index (χ2v) is 7.29. The van der Waals surface area contributed by atoms with E-state index < -0.39 is 29.7 Å². The maximum Gasteiger partial charge on any atom is 0.338 e. The van der Waals surface area contributed by atoms with E-state index in [0.717, 1.165) is 0 Å². The fourth-order valence-electron chi connectivity index (χ4n) is 4.19. The fourth-order valence-corrected chi connectivity index (χ4v) is 4.19. The predicted octanol–water partition coefficient (Wildman–Crippen LogP) is 0.899. The van der Waals surface area contributed by atoms with Gasteiger partial charge < -0.3 is 18.9 Å². The Morgan fingerprint density at radius 2 is 2.08 bits per heavy atom. The Hall–Kier alpha value is -1.89. The third-order valence-electron chi connectivity index (χ3n) is 5.57. The first-order chi connectivity index (χ1) is 11.3. The molecule has 3 heterocycles. The van der Waals surface area contributed by atoms with Gasteiger partial charge in [0, 0.05) is 25.7 Å². The molecule has 0 aromatic rings. The van der Waals surface area contributed by atoms with E-state index in [1.165, 1.54) is 6.92 Å². The van der Waals surface area contributed by atoms with Crippen molar-refractivity contribution in [2.24, 2.45) is 11.8 Å². The Bertz CT molecular complexity index is 653. The molecular weight excluding hydrogens is 316 g/mol. The Morgan fingerprint density at radius 3 is 2.79 bits per heavy atom. The van der Waals surface area contributed by atoms with Gasteiger partial charge in [0.1, 0.15) is 18.3 Å². The van der Waals surface area contributed by atoms with Crippen molar-refractivity contribution in [3.8, 4) is 0 Å². The van der Waals surface area contributed by atoms with E-state index in [1.807, 2.05) is 6.92 Å². The van der Waals surface area contributed by atoms with Crippen molar-refractivity contribution in [1.29, 1.82) is 0 Å². The van der Waals surface area contributed by atoms with Crippen molar-refractivity contribution in [3.63, 3.8) is 0 Å². The Balaban J connectivity index is 1.72. The van der Waals surface area contributed by atoms with Crippen molar-refractivity contribution in [2.45, 2.75) is 63.6 Å². The molecule has 130 valence electrons. The van der Waals surface area contributed by atoms with Gasteiger partial charge >= 0.3 is 17.9 Å². The number of carbonyl (C=O) groups is 3. The van der Waals surface area contributed by atoms with Crippen molar-refractivity contribution >= 4 is 17.9 Å². The molecule has 0 spiro atoms. The van der Waals surface area contributed by atoms with Crippen molar-refractivity contribution in [1.82, 2.24) is 0 Å². The maximum atomic E-state index is 12.3. The molecule has 4 aliphatic rings. The molecule has 0 radical (unpaired) electrons. The lowest BCUT2D eigenvalue weighted by Gasteiger charge is -2.25. The van der Waals surface area contributed by atoms with Crippen LogP contribution >= 0.6 is 0 Å². The van der Waals surface area contributed by atoms with Gasteiger partial charge in [-0.1, -0.05) is 6.92 Å². The summed E-state index contributed by atoms with van der Waals surface area (Å²) in [6.45, 7) is 5.05. The lowest BCUT2D eigenvalue weighted by atomic mass is 9.81. The molecule has 7 nitrogen and oxygen atoms in total. The van der Waals surface area contributed by atoms with Gasteiger partial charge in [-0.2, -0.15) is 0 Å². The van der Waals surface area contributed by atoms with E-state index in [2.05, 4.69) is 0 Å². The van der Waals surface area contributed by atoms with E-state index >= 15 is 0 Å². The summed E-state index contributed by atoms with van der Waals surface area (Å²) in [5.74, 6) is -1.85. The zero-order valence-electron chi connectivity index (χ0n) is 13.8. The van der Waals surface area contributed by atoms with Crippen LogP contribution in [0.4, 0.5) is 0 Å². The highest BCUT2D eigenvalue weighted by atomic mass is 16.6. The molecule has 3 aliphatic heterocycles. The first kappa shape index (κ1) is 15.6. The van der Waals surface area contributed by atoms with Gasteiger partial charge in [-0.15, -0.1) is 0 Å². The second-order valence-electron chi connectivity index (χ2n) is 7.29. The van der Waals surface area contributed by atoms with Crippen LogP contribution in [0.2, 0.25) is 0 Å². The van der Waals surface area contributed by atoms with Gasteiger partial charge in [-0.25, -0.2) is 4.79 Å². The molecule has 1 aliphatic carbocycles. The molecule has 24 heavy (non-hydrogen) atoms. The molecule has 2 saturated heterocycles. The van der Waals surface area contributed by atoms with Gasteiger partial charge in [-0.3, -0.25) is 9.59 Å². The first-order valence-corrected chi connectivity index (χ1v) is 8.27. The van der Waals surface area contributed by atoms with Crippen LogP contribution in [0.5, 0.6) is 0 Å². The minimum Gasteiger partial charge on any atom is -0.462 e. The van der Waals surface area contributed by atoms with Crippen LogP contribution in [0.1, 0.15) is 33.6 Å². The highest BCUT2D eigenvalue weighted by Crippen LogP contribution is 2.50. The standard InChI is InChI=1S/C17H20O7/c1-7-14-11-4-9(16(20)22-11)10(21-8(2)18)5-13-17(3,24-13)6-12(14)23-15(7)19/h4,7,10-14H,5-6H2,1-3H3/t7-,10+,11-,12+,13-,14+,17-/m1/s1. The minimum atomic E-state index is -0.684. The average molecular weight is 336 g/mol. The monoisotopic (exact) mass is 336 g/mol. The third-order valence-corrected chi connectivity index (χ3v) is 5.57. The Kier molecular flexibility index (Phi) is 3.29. The number of epoxide rings is 1. The molecule has 0 aromatic heterocycles. The van der Waals surface area contributed by atoms with Crippen LogP contribution in [-0.4, -0.2) is 47.9 Å². The normalized spacial score (nSPS) is 46.2. The predicted molar refractivity (Wildman–Crippen MR) is 78.6 cm³/mol. The summed E-state index contributed by atoms with van der Waals surface area (Å²) in [6.07, 6.45) is 0.904. The molecule has 0 amide bonds. The van der Waals surface area contributed by atoms with E-state index in [0.29, 0.717) is 18.4 Å². The number of hydrogen-bond acceptors (Lipinski definition) is 7. The number of ether oxygens (including phenoxy) is 4. The largest absolute Gasteiger partial charge is 0.462 e. The van der Waals surface area contributed by atoms with Crippen LogP contribution < -0.4 is 0 Å². The van der Waals surface area contributed by atoms with Crippen LogP contribution in [0.3, 0.4) is 0 Å². The fraction of sp³-hybridized carbons (Fsp3) is 0.706. The minimum absolute atomic E-state index is 0.150. The molecule has 7 atom stereocenters. The summed E-state index contributed by atoms with van der Waals surface area (Å²) in [4.78, 5) is 35.8. The van der Waals surface area contributed by atoms with Gasteiger partial charge in [0.05, 0.1) is 23.2 Å². The number of fused-ring (bicyclic) bond motifs is 4. The maximum absolute atomic E-state index is 12.3. The van der Waals surface area contributed by atoms with Gasteiger partial charge in [-0.05, 0) is 13.0 Å². The summed E-state index contributed by atoms with van der Waals surface area (Å²) >= 11 is 0. The van der Waals surface area contributed by atoms with Gasteiger partial charge in [0.25, 0.3) is 0 Å². The first-order valence-electron chi connectivity index (χ1n) is 8.27. The summed E-state index contributed by atoms with van der Waals surface area (Å²) < 4.78 is 22.2. The van der Waals surface area contributed by atoms with Gasteiger partial charge in [0.2, 0.25) is 0 Å². The van der Waals surface area contributed by atoms with Crippen molar-refractivity contribution in [3.05, 3.63) is 11.6 Å². The van der Waals surface area contributed by atoms with Crippen molar-refractivity contribution < 1.29 is 33.3 Å². The van der Waals surface area contributed by atoms with Crippen LogP contribution in [-0.2, 0) is 33.3 Å². The van der Waals surface area contributed by atoms with E-state index in [1.54, 1.807) is 13.0 Å². The van der Waals surface area contributed by atoms with E-state index in [9.17, 15) is 14.4 Å². The summed E-state index contributed by atoms with van der Waals surface area (Å²) in [7, 11) is 0. The lowest BCUT2D eigenvalue weighted by molar-refractivity contribution is -0.148. The molecule has 2 fully saturated rings. The molecule has 4 rings (SSSR count). The zero-order chi connectivity index (χ0) is 17.2. The SMILES string of the molecule is CC(=O)O[C@H]1C[C@H]2O[C@]2(C)C[C@@H]2OC(=O)[C@H](C)[C@H]2[C@H]2C=C1C(=O)O2. The topological polar surface area (TPSA) is 91.4 Å². The molecule has 0 N–H and O–H groups in total. The number of carbonyl (C=O) groups excluding carboxylic acids is 3. The molecular formula is C17H20O7. The average Bonchev–Trinajstić information content (AvgIpc) is 2.80. The molecule has 0 saturated carbocycles. The van der Waals surface area contributed by atoms with Crippen LogP contribution in [0.15, 0.2) is 11.6 Å². The quantitative estimate of drug-likeness (QED) is 0.399. The molecule has 7 heteroatoms. The van der Waals surface area contributed by atoms with Crippen LogP contribution in [0.25, 0.3) is 0 Å². The molecule has 0 unspecified atom stereocenters. The summed E-state index contributed by atoms with van der Waals surface area (Å²) in [5.41, 5.74) is -0.105. The van der Waals surface area contributed by atoms with E-state index in [4.69, 9.17) is 18.9 Å². The Morgan fingerprint density at radius 1 is 1.33 bits per heavy atom. The third kappa shape index (κ3) is 2.33. The summed E-state index contributed by atoms with van der Waals surface area (Å²) in [6, 6.07) is 0.